The zero-order valence-corrected chi connectivity index (χ0v) is 15.2. The third kappa shape index (κ3) is 5.19. The SMILES string of the molecule is Cc1ccc(NC(=O)COc2ccc(I)cc2)cc1S(N)(=O)=O. The summed E-state index contributed by atoms with van der Waals surface area (Å²) >= 11 is 2.17. The Kier molecular flexibility index (Phi) is 5.60. The Hall–Kier alpha value is -1.65. The fraction of sp³-hybridized carbons (Fsp3) is 0.133. The summed E-state index contributed by atoms with van der Waals surface area (Å²) in [6.45, 7) is 1.45. The highest BCUT2D eigenvalue weighted by atomic mass is 127. The molecule has 1 amide bonds. The molecule has 0 spiro atoms. The number of primary sulfonamides is 1. The lowest BCUT2D eigenvalue weighted by atomic mass is 10.2. The molecule has 0 aromatic heterocycles. The number of nitrogens with two attached hydrogens (primary N) is 1. The molecule has 8 heteroatoms. The Balaban J connectivity index is 2.01. The van der Waals surface area contributed by atoms with Crippen molar-refractivity contribution in [2.45, 2.75) is 11.8 Å². The number of anilines is 1. The Morgan fingerprint density at radius 1 is 1.22 bits per heavy atom. The van der Waals surface area contributed by atoms with E-state index in [2.05, 4.69) is 27.9 Å². The Bertz CT molecular complexity index is 820. The predicted molar refractivity (Wildman–Crippen MR) is 95.8 cm³/mol. The quantitative estimate of drug-likeness (QED) is 0.689. The van der Waals surface area contributed by atoms with Crippen LogP contribution >= 0.6 is 22.6 Å². The summed E-state index contributed by atoms with van der Waals surface area (Å²) in [5, 5.41) is 7.72. The van der Waals surface area contributed by atoms with Crippen LogP contribution < -0.4 is 15.2 Å². The van der Waals surface area contributed by atoms with Gasteiger partial charge in [-0.1, -0.05) is 6.07 Å². The van der Waals surface area contributed by atoms with Crippen LogP contribution in [0, 0.1) is 10.5 Å². The molecule has 2 aromatic rings. The lowest BCUT2D eigenvalue weighted by Gasteiger charge is -2.10. The molecule has 0 saturated carbocycles. The third-order valence-electron chi connectivity index (χ3n) is 2.96. The number of amides is 1. The number of halogens is 1. The molecule has 122 valence electrons. The van der Waals surface area contributed by atoms with Crippen molar-refractivity contribution < 1.29 is 17.9 Å². The maximum atomic E-state index is 11.9. The van der Waals surface area contributed by atoms with E-state index in [4.69, 9.17) is 9.88 Å². The summed E-state index contributed by atoms with van der Waals surface area (Å²) in [6.07, 6.45) is 0. The van der Waals surface area contributed by atoms with Crippen molar-refractivity contribution >= 4 is 44.2 Å². The van der Waals surface area contributed by atoms with E-state index in [0.717, 1.165) is 3.57 Å². The van der Waals surface area contributed by atoms with Gasteiger partial charge in [0.05, 0.1) is 4.90 Å². The largest absolute Gasteiger partial charge is 0.484 e. The van der Waals surface area contributed by atoms with Gasteiger partial charge in [0, 0.05) is 9.26 Å². The highest BCUT2D eigenvalue weighted by Gasteiger charge is 2.13. The van der Waals surface area contributed by atoms with Crippen LogP contribution in [-0.4, -0.2) is 20.9 Å². The van der Waals surface area contributed by atoms with E-state index in [9.17, 15) is 13.2 Å². The topological polar surface area (TPSA) is 98.5 Å². The molecular formula is C15H15IN2O4S. The Morgan fingerprint density at radius 2 is 1.87 bits per heavy atom. The second-order valence-corrected chi connectivity index (χ2v) is 7.59. The highest BCUT2D eigenvalue weighted by Crippen LogP contribution is 2.19. The summed E-state index contributed by atoms with van der Waals surface area (Å²) in [5.41, 5.74) is 0.858. The molecule has 0 heterocycles. The average molecular weight is 446 g/mol. The van der Waals surface area contributed by atoms with Gasteiger partial charge in [-0.05, 0) is 71.5 Å². The minimum atomic E-state index is -3.83. The molecule has 0 aliphatic rings. The van der Waals surface area contributed by atoms with Crippen molar-refractivity contribution in [3.05, 3.63) is 51.6 Å². The predicted octanol–water partition coefficient (Wildman–Crippen LogP) is 2.26. The van der Waals surface area contributed by atoms with Crippen molar-refractivity contribution in [2.75, 3.05) is 11.9 Å². The van der Waals surface area contributed by atoms with Crippen molar-refractivity contribution in [2.24, 2.45) is 5.14 Å². The van der Waals surface area contributed by atoms with Gasteiger partial charge in [-0.3, -0.25) is 4.79 Å². The van der Waals surface area contributed by atoms with Crippen LogP contribution in [0.5, 0.6) is 5.75 Å². The maximum absolute atomic E-state index is 11.9. The molecule has 0 fully saturated rings. The number of rotatable bonds is 5. The molecule has 0 radical (unpaired) electrons. The van der Waals surface area contributed by atoms with Crippen molar-refractivity contribution in [1.29, 1.82) is 0 Å². The molecular weight excluding hydrogens is 431 g/mol. The van der Waals surface area contributed by atoms with Crippen LogP contribution in [-0.2, 0) is 14.8 Å². The summed E-state index contributed by atoms with van der Waals surface area (Å²) in [7, 11) is -3.83. The van der Waals surface area contributed by atoms with Crippen LogP contribution in [0.25, 0.3) is 0 Å². The molecule has 0 saturated heterocycles. The van der Waals surface area contributed by atoms with Gasteiger partial charge in [-0.25, -0.2) is 13.6 Å². The number of carbonyl (C=O) groups excluding carboxylic acids is 1. The van der Waals surface area contributed by atoms with Gasteiger partial charge in [-0.2, -0.15) is 0 Å². The highest BCUT2D eigenvalue weighted by molar-refractivity contribution is 14.1. The number of ether oxygens (including phenoxy) is 1. The molecule has 3 N–H and O–H groups in total. The smallest absolute Gasteiger partial charge is 0.262 e. The first-order valence-electron chi connectivity index (χ1n) is 6.57. The van der Waals surface area contributed by atoms with E-state index in [1.807, 2.05) is 12.1 Å². The molecule has 0 bridgehead atoms. The average Bonchev–Trinajstić information content (AvgIpc) is 2.47. The lowest BCUT2D eigenvalue weighted by Crippen LogP contribution is -2.21. The summed E-state index contributed by atoms with van der Waals surface area (Å²) in [6, 6.07) is 11.8. The molecule has 6 nitrogen and oxygen atoms in total. The number of hydrogen-bond acceptors (Lipinski definition) is 4. The zero-order valence-electron chi connectivity index (χ0n) is 12.2. The van der Waals surface area contributed by atoms with E-state index >= 15 is 0 Å². The number of hydrogen-bond donors (Lipinski definition) is 2. The van der Waals surface area contributed by atoms with Crippen LogP contribution in [0.4, 0.5) is 5.69 Å². The van der Waals surface area contributed by atoms with Crippen LogP contribution in [0.3, 0.4) is 0 Å². The monoisotopic (exact) mass is 446 g/mol. The molecule has 0 atom stereocenters. The first kappa shape index (κ1) is 17.7. The van der Waals surface area contributed by atoms with E-state index in [1.165, 1.54) is 6.07 Å². The van der Waals surface area contributed by atoms with E-state index in [-0.39, 0.29) is 11.5 Å². The Morgan fingerprint density at radius 3 is 2.48 bits per heavy atom. The fourth-order valence-corrected chi connectivity index (χ4v) is 3.03. The Labute approximate surface area is 148 Å². The molecule has 0 unspecified atom stereocenters. The fourth-order valence-electron chi connectivity index (χ4n) is 1.86. The van der Waals surface area contributed by atoms with Gasteiger partial charge in [0.15, 0.2) is 6.61 Å². The first-order valence-corrected chi connectivity index (χ1v) is 9.20. The number of aryl methyl sites for hydroxylation is 1. The molecule has 2 rings (SSSR count). The maximum Gasteiger partial charge on any atom is 0.262 e. The molecule has 0 aliphatic heterocycles. The number of benzene rings is 2. The standard InChI is InChI=1S/C15H15IN2O4S/c1-10-2-5-12(8-14(10)23(17,20)21)18-15(19)9-22-13-6-3-11(16)4-7-13/h2-8H,9H2,1H3,(H,18,19)(H2,17,20,21). The lowest BCUT2D eigenvalue weighted by molar-refractivity contribution is -0.118. The summed E-state index contributed by atoms with van der Waals surface area (Å²) < 4.78 is 29.4. The van der Waals surface area contributed by atoms with Gasteiger partial charge in [0.2, 0.25) is 10.0 Å². The van der Waals surface area contributed by atoms with E-state index < -0.39 is 15.9 Å². The third-order valence-corrected chi connectivity index (χ3v) is 4.73. The zero-order chi connectivity index (χ0) is 17.0. The van der Waals surface area contributed by atoms with Gasteiger partial charge in [0.1, 0.15) is 5.75 Å². The van der Waals surface area contributed by atoms with Gasteiger partial charge in [0.25, 0.3) is 5.91 Å². The first-order chi connectivity index (χ1) is 10.8. The minimum absolute atomic E-state index is 0.0196. The second-order valence-electron chi connectivity index (χ2n) is 4.82. The van der Waals surface area contributed by atoms with E-state index in [1.54, 1.807) is 31.2 Å². The van der Waals surface area contributed by atoms with Crippen molar-refractivity contribution in [3.63, 3.8) is 0 Å². The molecule has 2 aromatic carbocycles. The van der Waals surface area contributed by atoms with Gasteiger partial charge >= 0.3 is 0 Å². The van der Waals surface area contributed by atoms with Crippen molar-refractivity contribution in [3.8, 4) is 5.75 Å². The minimum Gasteiger partial charge on any atom is -0.484 e. The van der Waals surface area contributed by atoms with Crippen molar-refractivity contribution in [1.82, 2.24) is 0 Å². The second kappa shape index (κ2) is 7.28. The van der Waals surface area contributed by atoms with Crippen LogP contribution in [0.1, 0.15) is 5.56 Å². The molecule has 23 heavy (non-hydrogen) atoms. The molecule has 0 aliphatic carbocycles. The van der Waals surface area contributed by atoms with Gasteiger partial charge in [-0.15, -0.1) is 0 Å². The van der Waals surface area contributed by atoms with Crippen LogP contribution in [0.2, 0.25) is 0 Å². The van der Waals surface area contributed by atoms with Gasteiger partial charge < -0.3 is 10.1 Å². The number of sulfonamides is 1. The normalized spacial score (nSPS) is 11.1. The van der Waals surface area contributed by atoms with E-state index in [0.29, 0.717) is 17.0 Å². The summed E-state index contributed by atoms with van der Waals surface area (Å²) in [5.74, 6) is 0.183. The number of nitrogens with one attached hydrogen (secondary N) is 1. The number of carbonyl (C=O) groups is 1. The van der Waals surface area contributed by atoms with Crippen LogP contribution in [0.15, 0.2) is 47.4 Å². The summed E-state index contributed by atoms with van der Waals surface area (Å²) in [4.78, 5) is 11.9.